The molecule has 0 saturated heterocycles. The number of aryl methyl sites for hydroxylation is 1. The topological polar surface area (TPSA) is 28.7 Å². The Labute approximate surface area is 85.8 Å². The lowest BCUT2D eigenvalue weighted by molar-refractivity contribution is 0.629. The molecule has 0 amide bonds. The van der Waals surface area contributed by atoms with E-state index in [0.717, 1.165) is 5.56 Å². The molecule has 0 aliphatic carbocycles. The molecule has 2 nitrogen and oxygen atoms in total. The minimum atomic E-state index is -0.357. The van der Waals surface area contributed by atoms with Crippen molar-refractivity contribution in [2.75, 3.05) is 0 Å². The van der Waals surface area contributed by atoms with Gasteiger partial charge >= 0.3 is 0 Å². The summed E-state index contributed by atoms with van der Waals surface area (Å²) in [5.41, 5.74) is 1.12. The Balaban J connectivity index is 2.64. The molecule has 1 aromatic heterocycles. The highest BCUT2D eigenvalue weighted by molar-refractivity contribution is 6.33. The molecule has 0 radical (unpaired) electrons. The average Bonchev–Trinajstić information content (AvgIpc) is 2.54. The van der Waals surface area contributed by atoms with Gasteiger partial charge in [0.25, 0.3) is 0 Å². The predicted octanol–water partition coefficient (Wildman–Crippen LogP) is 3.18. The minimum Gasteiger partial charge on any atom is -0.344 e. The number of aromatic amines is 1. The summed E-state index contributed by atoms with van der Waals surface area (Å²) in [6, 6.07) is 3.15. The Morgan fingerprint density at radius 1 is 1.43 bits per heavy atom. The zero-order valence-corrected chi connectivity index (χ0v) is 8.27. The number of benzene rings is 1. The van der Waals surface area contributed by atoms with Crippen LogP contribution in [0, 0.1) is 12.7 Å². The fourth-order valence-corrected chi connectivity index (χ4v) is 1.68. The molecule has 0 aliphatic heterocycles. The average molecular weight is 211 g/mol. The molecular formula is C10H8ClFN2. The number of hydrogen-bond acceptors (Lipinski definition) is 1. The number of hydrogen-bond donors (Lipinski definition) is 1. The molecule has 2 aromatic rings. The third kappa shape index (κ3) is 1.51. The lowest BCUT2D eigenvalue weighted by atomic mass is 10.1. The molecule has 0 spiro atoms. The van der Waals surface area contributed by atoms with Crippen molar-refractivity contribution in [3.63, 3.8) is 0 Å². The molecule has 1 aromatic carbocycles. The smallest absolute Gasteiger partial charge is 0.141 e. The van der Waals surface area contributed by atoms with Crippen molar-refractivity contribution in [2.45, 2.75) is 6.92 Å². The predicted molar refractivity (Wildman–Crippen MR) is 53.7 cm³/mol. The fraction of sp³-hybridized carbons (Fsp3) is 0.100. The number of nitrogens with zero attached hydrogens (tertiary/aromatic N) is 1. The summed E-state index contributed by atoms with van der Waals surface area (Å²) in [6.45, 7) is 1.79. The van der Waals surface area contributed by atoms with Gasteiger partial charge in [0.15, 0.2) is 0 Å². The summed E-state index contributed by atoms with van der Waals surface area (Å²) >= 11 is 5.93. The molecule has 0 atom stereocenters. The Morgan fingerprint density at radius 3 is 2.79 bits per heavy atom. The molecule has 14 heavy (non-hydrogen) atoms. The molecule has 1 heterocycles. The lowest BCUT2D eigenvalue weighted by Crippen LogP contribution is -1.89. The largest absolute Gasteiger partial charge is 0.344 e. The van der Waals surface area contributed by atoms with E-state index >= 15 is 0 Å². The van der Waals surface area contributed by atoms with E-state index in [4.69, 9.17) is 11.6 Å². The lowest BCUT2D eigenvalue weighted by Gasteiger charge is -2.03. The van der Waals surface area contributed by atoms with Gasteiger partial charge in [-0.15, -0.1) is 0 Å². The van der Waals surface area contributed by atoms with E-state index in [0.29, 0.717) is 16.4 Å². The van der Waals surface area contributed by atoms with Gasteiger partial charge in [-0.1, -0.05) is 11.6 Å². The van der Waals surface area contributed by atoms with Gasteiger partial charge in [0.2, 0.25) is 0 Å². The fourth-order valence-electron chi connectivity index (χ4n) is 1.33. The van der Waals surface area contributed by atoms with Crippen molar-refractivity contribution >= 4 is 11.6 Å². The molecule has 2 rings (SSSR count). The maximum Gasteiger partial charge on any atom is 0.141 e. The first kappa shape index (κ1) is 9.21. The summed E-state index contributed by atoms with van der Waals surface area (Å²) in [4.78, 5) is 6.78. The zero-order chi connectivity index (χ0) is 10.1. The normalized spacial score (nSPS) is 10.5. The van der Waals surface area contributed by atoms with Gasteiger partial charge in [-0.05, 0) is 24.6 Å². The van der Waals surface area contributed by atoms with Crippen molar-refractivity contribution in [1.29, 1.82) is 0 Å². The first-order valence-corrected chi connectivity index (χ1v) is 4.51. The Kier molecular flexibility index (Phi) is 2.25. The van der Waals surface area contributed by atoms with E-state index in [1.807, 2.05) is 0 Å². The number of halogens is 2. The quantitative estimate of drug-likeness (QED) is 0.770. The van der Waals surface area contributed by atoms with Crippen molar-refractivity contribution in [1.82, 2.24) is 9.97 Å². The van der Waals surface area contributed by atoms with Gasteiger partial charge in [-0.3, -0.25) is 0 Å². The van der Waals surface area contributed by atoms with Crippen molar-refractivity contribution in [3.05, 3.63) is 40.9 Å². The zero-order valence-electron chi connectivity index (χ0n) is 7.51. The maximum absolute atomic E-state index is 13.5. The van der Waals surface area contributed by atoms with Crippen LogP contribution in [0.15, 0.2) is 24.5 Å². The third-order valence-corrected chi connectivity index (χ3v) is 2.22. The van der Waals surface area contributed by atoms with Crippen LogP contribution in [0.25, 0.3) is 11.4 Å². The van der Waals surface area contributed by atoms with Crippen LogP contribution in [-0.2, 0) is 0 Å². The second-order valence-corrected chi connectivity index (χ2v) is 3.45. The van der Waals surface area contributed by atoms with E-state index in [1.54, 1.807) is 25.4 Å². The van der Waals surface area contributed by atoms with Gasteiger partial charge in [0.1, 0.15) is 11.6 Å². The van der Waals surface area contributed by atoms with Gasteiger partial charge in [-0.2, -0.15) is 0 Å². The van der Waals surface area contributed by atoms with Gasteiger partial charge < -0.3 is 4.98 Å². The van der Waals surface area contributed by atoms with E-state index in [2.05, 4.69) is 9.97 Å². The molecule has 72 valence electrons. The van der Waals surface area contributed by atoms with Crippen LogP contribution in [0.2, 0.25) is 5.02 Å². The maximum atomic E-state index is 13.5. The number of nitrogens with one attached hydrogen (secondary N) is 1. The van der Waals surface area contributed by atoms with Crippen molar-refractivity contribution < 1.29 is 4.39 Å². The summed E-state index contributed by atoms with van der Waals surface area (Å²) < 4.78 is 13.5. The second kappa shape index (κ2) is 3.42. The number of aromatic nitrogens is 2. The highest BCUT2D eigenvalue weighted by Crippen LogP contribution is 2.28. The van der Waals surface area contributed by atoms with E-state index in [9.17, 15) is 4.39 Å². The van der Waals surface area contributed by atoms with Crippen molar-refractivity contribution in [2.24, 2.45) is 0 Å². The summed E-state index contributed by atoms with van der Waals surface area (Å²) in [7, 11) is 0. The number of imidazole rings is 1. The first-order chi connectivity index (χ1) is 6.68. The minimum absolute atomic E-state index is 0.322. The standard InChI is InChI=1S/C10H8ClFN2/c1-6-4-7(11)9(8(12)5-6)10-13-2-3-14-10/h2-5H,1H3,(H,13,14). The molecule has 4 heteroatoms. The summed E-state index contributed by atoms with van der Waals surface area (Å²) in [5.74, 6) is 0.0949. The van der Waals surface area contributed by atoms with Gasteiger partial charge in [0, 0.05) is 12.4 Å². The monoisotopic (exact) mass is 210 g/mol. The van der Waals surface area contributed by atoms with Crippen molar-refractivity contribution in [3.8, 4) is 11.4 Å². The SMILES string of the molecule is Cc1cc(F)c(-c2ncc[nH]2)c(Cl)c1. The van der Waals surface area contributed by atoms with Crippen LogP contribution in [0.3, 0.4) is 0 Å². The third-order valence-electron chi connectivity index (χ3n) is 1.92. The molecule has 0 unspecified atom stereocenters. The first-order valence-electron chi connectivity index (χ1n) is 4.14. The van der Waals surface area contributed by atoms with Crippen LogP contribution >= 0.6 is 11.6 Å². The molecule has 0 fully saturated rings. The van der Waals surface area contributed by atoms with Crippen LogP contribution < -0.4 is 0 Å². The highest BCUT2D eigenvalue weighted by atomic mass is 35.5. The van der Waals surface area contributed by atoms with Crippen LogP contribution in [0.1, 0.15) is 5.56 Å². The van der Waals surface area contributed by atoms with Gasteiger partial charge in [0.05, 0.1) is 10.6 Å². The van der Waals surface area contributed by atoms with Crippen LogP contribution in [-0.4, -0.2) is 9.97 Å². The van der Waals surface area contributed by atoms with E-state index in [-0.39, 0.29) is 5.82 Å². The van der Waals surface area contributed by atoms with Crippen LogP contribution in [0.4, 0.5) is 4.39 Å². The Hall–Kier alpha value is -1.35. The molecule has 0 bridgehead atoms. The molecule has 1 N–H and O–H groups in total. The van der Waals surface area contributed by atoms with Gasteiger partial charge in [-0.25, -0.2) is 9.37 Å². The molecule has 0 saturated carbocycles. The summed E-state index contributed by atoms with van der Waals surface area (Å²) in [5, 5.41) is 0.373. The van der Waals surface area contributed by atoms with E-state index < -0.39 is 0 Å². The second-order valence-electron chi connectivity index (χ2n) is 3.04. The Bertz CT molecular complexity index is 428. The Morgan fingerprint density at radius 2 is 2.21 bits per heavy atom. The molecule has 0 aliphatic rings. The number of rotatable bonds is 1. The molecular weight excluding hydrogens is 203 g/mol. The summed E-state index contributed by atoms with van der Waals surface area (Å²) in [6.07, 6.45) is 3.19. The van der Waals surface area contributed by atoms with E-state index in [1.165, 1.54) is 6.07 Å². The highest BCUT2D eigenvalue weighted by Gasteiger charge is 2.12. The van der Waals surface area contributed by atoms with Crippen LogP contribution in [0.5, 0.6) is 0 Å². The number of H-pyrrole nitrogens is 1.